The fourth-order valence-electron chi connectivity index (χ4n) is 4.29. The Morgan fingerprint density at radius 2 is 1.53 bits per heavy atom. The third-order valence-corrected chi connectivity index (χ3v) is 5.81. The minimum absolute atomic E-state index is 0.790. The van der Waals surface area contributed by atoms with E-state index < -0.39 is 0 Å². The van der Waals surface area contributed by atoms with E-state index in [1.807, 2.05) is 54.2 Å². The molecule has 0 unspecified atom stereocenters. The second-order valence-electron chi connectivity index (χ2n) is 8.06. The summed E-state index contributed by atoms with van der Waals surface area (Å²) in [6.45, 7) is 2.98. The van der Waals surface area contributed by atoms with E-state index in [-0.39, 0.29) is 0 Å². The van der Waals surface area contributed by atoms with E-state index in [0.717, 1.165) is 35.2 Å². The van der Waals surface area contributed by atoms with Gasteiger partial charge in [-0.05, 0) is 36.8 Å². The normalized spacial score (nSPS) is 13.7. The van der Waals surface area contributed by atoms with Crippen LogP contribution >= 0.6 is 0 Å². The summed E-state index contributed by atoms with van der Waals surface area (Å²) in [6.07, 6.45) is 3.75. The van der Waals surface area contributed by atoms with E-state index in [1.54, 1.807) is 6.20 Å². The van der Waals surface area contributed by atoms with Gasteiger partial charge in [0.2, 0.25) is 0 Å². The van der Waals surface area contributed by atoms with Gasteiger partial charge < -0.3 is 19.1 Å². The zero-order valence-corrected chi connectivity index (χ0v) is 18.6. The maximum absolute atomic E-state index is 6.24. The van der Waals surface area contributed by atoms with Gasteiger partial charge in [-0.3, -0.25) is 0 Å². The van der Waals surface area contributed by atoms with Crippen LogP contribution < -0.4 is 9.64 Å². The lowest BCUT2D eigenvalue weighted by molar-refractivity contribution is 0.482. The number of aromatic nitrogens is 2. The summed E-state index contributed by atoms with van der Waals surface area (Å²) < 4.78 is 8.24. The molecule has 32 heavy (non-hydrogen) atoms. The quantitative estimate of drug-likeness (QED) is 0.396. The molecule has 0 saturated heterocycles. The first-order chi connectivity index (χ1) is 15.6. The smallest absolute Gasteiger partial charge is 0.139 e. The molecule has 5 heteroatoms. The van der Waals surface area contributed by atoms with Crippen LogP contribution in [0.25, 0.3) is 17.1 Å². The summed E-state index contributed by atoms with van der Waals surface area (Å²) in [7, 11) is 4.13. The van der Waals surface area contributed by atoms with Crippen LogP contribution in [0.15, 0.2) is 97.0 Å². The van der Waals surface area contributed by atoms with E-state index in [1.165, 1.54) is 17.0 Å². The SMILES string of the molecule is CC1=C(c2ccccc2)N(C)CN1c1cccc(Oc2cccc(-c3nccn3C)c2)c1. The van der Waals surface area contributed by atoms with E-state index >= 15 is 0 Å². The van der Waals surface area contributed by atoms with Crippen molar-refractivity contribution in [1.82, 2.24) is 14.5 Å². The van der Waals surface area contributed by atoms with Gasteiger partial charge in [-0.2, -0.15) is 0 Å². The highest BCUT2D eigenvalue weighted by molar-refractivity contribution is 5.75. The zero-order chi connectivity index (χ0) is 22.1. The Labute approximate surface area is 188 Å². The van der Waals surface area contributed by atoms with Crippen molar-refractivity contribution in [3.8, 4) is 22.9 Å². The molecule has 4 aromatic rings. The molecule has 0 bridgehead atoms. The third-order valence-electron chi connectivity index (χ3n) is 5.81. The first kappa shape index (κ1) is 19.9. The summed E-state index contributed by atoms with van der Waals surface area (Å²) in [5, 5.41) is 0. The van der Waals surface area contributed by atoms with Gasteiger partial charge in [0.1, 0.15) is 17.3 Å². The molecule has 3 aromatic carbocycles. The maximum atomic E-state index is 6.24. The fraction of sp³-hybridized carbons (Fsp3) is 0.148. The fourth-order valence-corrected chi connectivity index (χ4v) is 4.29. The largest absolute Gasteiger partial charge is 0.457 e. The minimum Gasteiger partial charge on any atom is -0.457 e. The van der Waals surface area contributed by atoms with Crippen LogP contribution in [0.3, 0.4) is 0 Å². The molecule has 0 spiro atoms. The van der Waals surface area contributed by atoms with Crippen LogP contribution in [0, 0.1) is 0 Å². The first-order valence-corrected chi connectivity index (χ1v) is 10.7. The number of ether oxygens (including phenoxy) is 1. The van der Waals surface area contributed by atoms with Crippen molar-refractivity contribution in [3.05, 3.63) is 103 Å². The number of hydrogen-bond acceptors (Lipinski definition) is 4. The lowest BCUT2D eigenvalue weighted by atomic mass is 10.1. The molecule has 0 amide bonds. The number of rotatable bonds is 5. The van der Waals surface area contributed by atoms with Gasteiger partial charge in [-0.25, -0.2) is 4.98 Å². The van der Waals surface area contributed by atoms with Crippen LogP contribution in [0.1, 0.15) is 12.5 Å². The zero-order valence-electron chi connectivity index (χ0n) is 18.6. The number of imidazole rings is 1. The van der Waals surface area contributed by atoms with Crippen molar-refractivity contribution in [2.45, 2.75) is 6.92 Å². The topological polar surface area (TPSA) is 33.5 Å². The molecule has 5 rings (SSSR count). The highest BCUT2D eigenvalue weighted by Gasteiger charge is 2.25. The van der Waals surface area contributed by atoms with Crippen molar-refractivity contribution in [1.29, 1.82) is 0 Å². The van der Waals surface area contributed by atoms with Crippen LogP contribution in [-0.4, -0.2) is 28.2 Å². The Hall–Kier alpha value is -3.99. The van der Waals surface area contributed by atoms with Crippen molar-refractivity contribution in [2.24, 2.45) is 7.05 Å². The minimum atomic E-state index is 0.790. The summed E-state index contributed by atoms with van der Waals surface area (Å²) in [5.74, 6) is 2.51. The maximum Gasteiger partial charge on any atom is 0.139 e. The Morgan fingerprint density at radius 1 is 0.812 bits per heavy atom. The van der Waals surface area contributed by atoms with Crippen molar-refractivity contribution in [2.75, 3.05) is 18.6 Å². The average Bonchev–Trinajstić information content (AvgIpc) is 3.37. The van der Waals surface area contributed by atoms with Gasteiger partial charge in [-0.1, -0.05) is 48.5 Å². The molecule has 160 valence electrons. The molecule has 1 aliphatic heterocycles. The van der Waals surface area contributed by atoms with Gasteiger partial charge in [0.15, 0.2) is 0 Å². The number of nitrogens with zero attached hydrogens (tertiary/aromatic N) is 4. The molecular formula is C27H26N4O. The summed E-state index contributed by atoms with van der Waals surface area (Å²) in [4.78, 5) is 9.04. The summed E-state index contributed by atoms with van der Waals surface area (Å²) >= 11 is 0. The summed E-state index contributed by atoms with van der Waals surface area (Å²) in [5.41, 5.74) is 5.84. The van der Waals surface area contributed by atoms with Crippen LogP contribution in [0.5, 0.6) is 11.5 Å². The molecule has 1 aromatic heterocycles. The van der Waals surface area contributed by atoms with Crippen LogP contribution in [0.4, 0.5) is 5.69 Å². The van der Waals surface area contributed by atoms with Crippen LogP contribution in [-0.2, 0) is 7.05 Å². The van der Waals surface area contributed by atoms with Gasteiger partial charge in [-0.15, -0.1) is 0 Å². The van der Waals surface area contributed by atoms with Crippen molar-refractivity contribution < 1.29 is 4.74 Å². The number of allylic oxidation sites excluding steroid dienone is 1. The van der Waals surface area contributed by atoms with E-state index in [2.05, 4.69) is 71.2 Å². The highest BCUT2D eigenvalue weighted by atomic mass is 16.5. The van der Waals surface area contributed by atoms with Crippen LogP contribution in [0.2, 0.25) is 0 Å². The van der Waals surface area contributed by atoms with Crippen molar-refractivity contribution >= 4 is 11.4 Å². The molecule has 0 atom stereocenters. The molecule has 1 aliphatic rings. The van der Waals surface area contributed by atoms with Gasteiger partial charge in [0.05, 0.1) is 12.4 Å². The molecule has 0 aliphatic carbocycles. The van der Waals surface area contributed by atoms with Gasteiger partial charge >= 0.3 is 0 Å². The van der Waals surface area contributed by atoms with E-state index in [4.69, 9.17) is 4.74 Å². The third kappa shape index (κ3) is 3.73. The first-order valence-electron chi connectivity index (χ1n) is 10.7. The highest BCUT2D eigenvalue weighted by Crippen LogP contribution is 2.36. The monoisotopic (exact) mass is 422 g/mol. The number of aryl methyl sites for hydroxylation is 1. The van der Waals surface area contributed by atoms with E-state index in [0.29, 0.717) is 0 Å². The Kier molecular flexibility index (Phi) is 5.15. The molecule has 0 N–H and O–H groups in total. The molecule has 0 radical (unpaired) electrons. The predicted molar refractivity (Wildman–Crippen MR) is 129 cm³/mol. The van der Waals surface area contributed by atoms with E-state index in [9.17, 15) is 0 Å². The molecule has 0 fully saturated rings. The molecule has 0 saturated carbocycles. The Bertz CT molecular complexity index is 1280. The van der Waals surface area contributed by atoms with Gasteiger partial charge in [0.25, 0.3) is 0 Å². The number of benzene rings is 3. The van der Waals surface area contributed by atoms with Gasteiger partial charge in [0, 0.05) is 49.5 Å². The van der Waals surface area contributed by atoms with Crippen molar-refractivity contribution in [3.63, 3.8) is 0 Å². The molecule has 2 heterocycles. The summed E-state index contributed by atoms with van der Waals surface area (Å²) in [6, 6.07) is 26.8. The second kappa shape index (κ2) is 8.27. The average molecular weight is 423 g/mol. The Morgan fingerprint density at radius 3 is 2.28 bits per heavy atom. The number of anilines is 1. The second-order valence-corrected chi connectivity index (χ2v) is 8.06. The Balaban J connectivity index is 1.41. The standard InChI is InChI=1S/C27H26N4O/c1-20-26(21-9-5-4-6-10-21)30(3)19-31(20)23-12-8-14-25(18-23)32-24-13-7-11-22(17-24)27-28-15-16-29(27)2/h4-18H,19H2,1-3H3. The lowest BCUT2D eigenvalue weighted by Gasteiger charge is -2.21. The molecule has 5 nitrogen and oxygen atoms in total. The number of hydrogen-bond donors (Lipinski definition) is 0. The predicted octanol–water partition coefficient (Wildman–Crippen LogP) is 5.98. The lowest BCUT2D eigenvalue weighted by Crippen LogP contribution is -2.24. The molecular weight excluding hydrogens is 396 g/mol.